The van der Waals surface area contributed by atoms with Gasteiger partial charge in [0.05, 0.1) is 0 Å². The maximum absolute atomic E-state index is 12.2. The molecule has 0 aromatic rings. The minimum atomic E-state index is -2.56. The molecule has 0 fully saturated rings. The molecule has 0 aliphatic rings. The van der Waals surface area contributed by atoms with Gasteiger partial charge in [-0.1, -0.05) is 0 Å². The Balaban J connectivity index is 5.34. The van der Waals surface area contributed by atoms with Crippen molar-refractivity contribution in [2.24, 2.45) is 0 Å². The standard InChI is InChI=1S/C5H7O2.3C4H9.Sn/c1-3-4-5(6)7-2;3*1-3-4-2;/h3H,1-2H3;3*1,3-4H2,2H3;. The van der Waals surface area contributed by atoms with Crippen LogP contribution in [-0.4, -0.2) is 31.5 Å². The Labute approximate surface area is 130 Å². The van der Waals surface area contributed by atoms with E-state index in [1.807, 2.05) is 6.92 Å². The van der Waals surface area contributed by atoms with Gasteiger partial charge in [0.25, 0.3) is 0 Å². The molecule has 0 heterocycles. The van der Waals surface area contributed by atoms with Gasteiger partial charge in [0.1, 0.15) is 0 Å². The van der Waals surface area contributed by atoms with Gasteiger partial charge in [-0.25, -0.2) is 0 Å². The Morgan fingerprint density at radius 2 is 1.35 bits per heavy atom. The first kappa shape index (κ1) is 20.0. The van der Waals surface area contributed by atoms with Gasteiger partial charge in [0, 0.05) is 0 Å². The summed E-state index contributed by atoms with van der Waals surface area (Å²) in [5.41, 5.74) is 0. The molecule has 0 aromatic heterocycles. The van der Waals surface area contributed by atoms with Crippen LogP contribution in [0.2, 0.25) is 13.3 Å². The summed E-state index contributed by atoms with van der Waals surface area (Å²) in [5.74, 6) is -0.0355. The Kier molecular flexibility index (Phi) is 11.6. The fourth-order valence-corrected chi connectivity index (χ4v) is 19.6. The van der Waals surface area contributed by atoms with E-state index in [1.54, 1.807) is 0 Å². The monoisotopic (exact) mass is 390 g/mol. The number of hydrogen-bond acceptors (Lipinski definition) is 2. The summed E-state index contributed by atoms with van der Waals surface area (Å²) in [6.45, 7) is 8.79. The molecule has 0 unspecified atom stereocenters. The fourth-order valence-electron chi connectivity index (χ4n) is 3.08. The second-order valence-corrected chi connectivity index (χ2v) is 18.9. The number of rotatable bonds is 11. The van der Waals surface area contributed by atoms with E-state index < -0.39 is 18.4 Å². The summed E-state index contributed by atoms with van der Waals surface area (Å²) < 4.78 is 10.2. The van der Waals surface area contributed by atoms with Crippen LogP contribution in [0.4, 0.5) is 0 Å². The molecule has 118 valence electrons. The molecule has 0 aromatic carbocycles. The van der Waals surface area contributed by atoms with Crippen molar-refractivity contribution in [1.29, 1.82) is 0 Å². The first-order valence-electron chi connectivity index (χ1n) is 8.36. The van der Waals surface area contributed by atoms with E-state index in [4.69, 9.17) is 4.74 Å². The first-order valence-corrected chi connectivity index (χ1v) is 15.8. The Bertz CT molecular complexity index is 276. The number of methoxy groups -OCH3 is 1. The van der Waals surface area contributed by atoms with Crippen LogP contribution >= 0.6 is 0 Å². The van der Waals surface area contributed by atoms with Gasteiger partial charge in [0.2, 0.25) is 0 Å². The average molecular weight is 389 g/mol. The van der Waals surface area contributed by atoms with Crippen molar-refractivity contribution >= 4 is 24.3 Å². The molecular formula is C17H34O2Sn. The number of ether oxygens (including phenoxy) is 1. The van der Waals surface area contributed by atoms with Crippen molar-refractivity contribution in [3.05, 3.63) is 9.67 Å². The molecule has 20 heavy (non-hydrogen) atoms. The van der Waals surface area contributed by atoms with Gasteiger partial charge in [0.15, 0.2) is 0 Å². The molecule has 0 aliphatic carbocycles. The molecule has 0 rings (SSSR count). The van der Waals surface area contributed by atoms with Crippen LogP contribution in [-0.2, 0) is 9.53 Å². The second-order valence-electron chi connectivity index (χ2n) is 5.78. The van der Waals surface area contributed by atoms with Gasteiger partial charge >= 0.3 is 130 Å². The summed E-state index contributed by atoms with van der Waals surface area (Å²) in [4.78, 5) is 12.2. The van der Waals surface area contributed by atoms with E-state index in [-0.39, 0.29) is 5.97 Å². The number of allylic oxidation sites excluding steroid dienone is 1. The van der Waals surface area contributed by atoms with E-state index in [1.165, 1.54) is 58.9 Å². The average Bonchev–Trinajstić information content (AvgIpc) is 2.48. The Morgan fingerprint density at radius 1 is 0.950 bits per heavy atom. The molecule has 0 saturated heterocycles. The van der Waals surface area contributed by atoms with Crippen LogP contribution in [0.1, 0.15) is 66.2 Å². The van der Waals surface area contributed by atoms with Crippen molar-refractivity contribution in [3.8, 4) is 0 Å². The molecule has 0 radical (unpaired) electrons. The summed E-state index contributed by atoms with van der Waals surface area (Å²) in [7, 11) is 1.53. The van der Waals surface area contributed by atoms with Crippen LogP contribution in [0.15, 0.2) is 9.67 Å². The second kappa shape index (κ2) is 11.6. The molecule has 0 N–H and O–H groups in total. The Morgan fingerprint density at radius 3 is 1.60 bits per heavy atom. The quantitative estimate of drug-likeness (QED) is 0.265. The van der Waals surface area contributed by atoms with Crippen molar-refractivity contribution in [3.63, 3.8) is 0 Å². The van der Waals surface area contributed by atoms with Gasteiger partial charge < -0.3 is 0 Å². The van der Waals surface area contributed by atoms with Crippen molar-refractivity contribution in [2.45, 2.75) is 79.5 Å². The van der Waals surface area contributed by atoms with E-state index >= 15 is 0 Å². The third kappa shape index (κ3) is 6.19. The third-order valence-electron chi connectivity index (χ3n) is 4.29. The number of carbonyl (C=O) groups excluding carboxylic acids is 1. The van der Waals surface area contributed by atoms with Crippen molar-refractivity contribution in [2.75, 3.05) is 7.11 Å². The van der Waals surface area contributed by atoms with E-state index in [2.05, 4.69) is 26.8 Å². The molecule has 0 atom stereocenters. The van der Waals surface area contributed by atoms with Gasteiger partial charge in [-0.15, -0.1) is 0 Å². The van der Waals surface area contributed by atoms with Crippen LogP contribution in [0, 0.1) is 0 Å². The molecule has 0 amide bonds. The molecule has 0 saturated carbocycles. The third-order valence-corrected chi connectivity index (χ3v) is 20.2. The topological polar surface area (TPSA) is 26.3 Å². The maximum atomic E-state index is 12.2. The van der Waals surface area contributed by atoms with Crippen LogP contribution in [0.25, 0.3) is 0 Å². The van der Waals surface area contributed by atoms with Crippen LogP contribution in [0.3, 0.4) is 0 Å². The normalized spacial score (nSPS) is 12.6. The van der Waals surface area contributed by atoms with Gasteiger partial charge in [-0.05, 0) is 0 Å². The molecule has 3 heteroatoms. The van der Waals surface area contributed by atoms with E-state index in [0.29, 0.717) is 0 Å². The summed E-state index contributed by atoms with van der Waals surface area (Å²) in [6.07, 6.45) is 9.61. The molecule has 0 spiro atoms. The zero-order valence-corrected chi connectivity index (χ0v) is 17.1. The van der Waals surface area contributed by atoms with Gasteiger partial charge in [-0.2, -0.15) is 0 Å². The number of hydrogen-bond donors (Lipinski definition) is 0. The van der Waals surface area contributed by atoms with E-state index in [0.717, 1.165) is 3.59 Å². The molecular weight excluding hydrogens is 355 g/mol. The number of unbranched alkanes of at least 4 members (excludes halogenated alkanes) is 3. The van der Waals surface area contributed by atoms with E-state index in [9.17, 15) is 4.79 Å². The minimum absolute atomic E-state index is 0.0355. The van der Waals surface area contributed by atoms with Crippen LogP contribution < -0.4 is 0 Å². The number of carbonyl (C=O) groups is 1. The summed E-state index contributed by atoms with van der Waals surface area (Å²) in [5, 5.41) is 0. The number of esters is 1. The van der Waals surface area contributed by atoms with Crippen LogP contribution in [0.5, 0.6) is 0 Å². The van der Waals surface area contributed by atoms with Crippen molar-refractivity contribution in [1.82, 2.24) is 0 Å². The molecule has 0 bridgehead atoms. The molecule has 0 aliphatic heterocycles. The zero-order valence-electron chi connectivity index (χ0n) is 14.3. The fraction of sp³-hybridized carbons (Fsp3) is 0.824. The predicted molar refractivity (Wildman–Crippen MR) is 90.7 cm³/mol. The SMILES string of the molecule is C/C=[C](\C(=O)OC)[Sn]([CH2]CCC)([CH2]CCC)[CH2]CCC. The predicted octanol–water partition coefficient (Wildman–Crippen LogP) is 5.49. The Hall–Kier alpha value is 0.00870. The first-order chi connectivity index (χ1) is 9.61. The summed E-state index contributed by atoms with van der Waals surface area (Å²) >= 11 is -2.56. The van der Waals surface area contributed by atoms with Crippen molar-refractivity contribution < 1.29 is 9.53 Å². The van der Waals surface area contributed by atoms with Gasteiger partial charge in [-0.3, -0.25) is 0 Å². The molecule has 2 nitrogen and oxygen atoms in total. The zero-order chi connectivity index (χ0) is 15.4. The summed E-state index contributed by atoms with van der Waals surface area (Å²) in [6, 6.07) is 0.